The molecule has 0 aliphatic carbocycles. The quantitative estimate of drug-likeness (QED) is 0.692. The number of carboxylic acid groups (broad SMARTS) is 1. The van der Waals surface area contributed by atoms with Crippen molar-refractivity contribution in [2.75, 3.05) is 31.6 Å². The second-order valence-electron chi connectivity index (χ2n) is 6.44. The zero-order chi connectivity index (χ0) is 18.9. The molecule has 0 atom stereocenters. The molecule has 2 amide bonds. The van der Waals surface area contributed by atoms with E-state index in [2.05, 4.69) is 12.2 Å². The fourth-order valence-corrected chi connectivity index (χ4v) is 2.82. The Morgan fingerprint density at radius 1 is 1.19 bits per heavy atom. The van der Waals surface area contributed by atoms with E-state index in [1.54, 1.807) is 29.2 Å². The molecule has 0 saturated carbocycles. The van der Waals surface area contributed by atoms with Gasteiger partial charge in [0, 0.05) is 30.9 Å². The molecular weight excluding hydrogens is 336 g/mol. The molecule has 26 heavy (non-hydrogen) atoms. The lowest BCUT2D eigenvalue weighted by Crippen LogP contribution is -2.40. The first-order valence-electron chi connectivity index (χ1n) is 9.01. The number of nitrogens with one attached hydrogen (secondary N) is 1. The summed E-state index contributed by atoms with van der Waals surface area (Å²) in [6.45, 7) is 3.53. The molecule has 2 rings (SSSR count). The molecule has 1 aromatic carbocycles. The number of carbonyl (C=O) groups excluding carboxylic acids is 2. The third-order valence-electron chi connectivity index (χ3n) is 4.42. The topological polar surface area (TPSA) is 95.9 Å². The minimum atomic E-state index is -0.795. The SMILES string of the molecule is CCCCOCC(=O)Nc1ccc(C(=O)N2CCC(C(=O)O)CC2)cc1. The molecule has 1 aromatic rings. The van der Waals surface area contributed by atoms with E-state index in [1.807, 2.05) is 0 Å². The van der Waals surface area contributed by atoms with E-state index in [4.69, 9.17) is 9.84 Å². The molecule has 142 valence electrons. The van der Waals surface area contributed by atoms with Crippen LogP contribution in [0.15, 0.2) is 24.3 Å². The number of benzene rings is 1. The molecule has 7 nitrogen and oxygen atoms in total. The average molecular weight is 362 g/mol. The number of piperidine rings is 1. The van der Waals surface area contributed by atoms with E-state index in [0.29, 0.717) is 43.8 Å². The van der Waals surface area contributed by atoms with Crippen molar-refractivity contribution in [2.45, 2.75) is 32.6 Å². The molecule has 2 N–H and O–H groups in total. The van der Waals surface area contributed by atoms with Gasteiger partial charge in [-0.2, -0.15) is 0 Å². The minimum Gasteiger partial charge on any atom is -0.481 e. The lowest BCUT2D eigenvalue weighted by Gasteiger charge is -2.30. The molecule has 1 aliphatic rings. The van der Waals surface area contributed by atoms with Crippen LogP contribution in [0.25, 0.3) is 0 Å². The van der Waals surface area contributed by atoms with Gasteiger partial charge in [0.05, 0.1) is 5.92 Å². The Kier molecular flexibility index (Phi) is 7.59. The first-order valence-corrected chi connectivity index (χ1v) is 9.01. The van der Waals surface area contributed by atoms with Gasteiger partial charge in [0.25, 0.3) is 5.91 Å². The maximum Gasteiger partial charge on any atom is 0.306 e. The predicted molar refractivity (Wildman–Crippen MR) is 97.1 cm³/mol. The molecule has 1 aliphatic heterocycles. The summed E-state index contributed by atoms with van der Waals surface area (Å²) < 4.78 is 5.26. The summed E-state index contributed by atoms with van der Waals surface area (Å²) in [5.74, 6) is -1.50. The van der Waals surface area contributed by atoms with Crippen LogP contribution >= 0.6 is 0 Å². The maximum absolute atomic E-state index is 12.5. The second-order valence-corrected chi connectivity index (χ2v) is 6.44. The van der Waals surface area contributed by atoms with Gasteiger partial charge in [0.1, 0.15) is 6.61 Å². The number of ether oxygens (including phenoxy) is 1. The Hall–Kier alpha value is -2.41. The van der Waals surface area contributed by atoms with Crippen LogP contribution in [0.1, 0.15) is 43.0 Å². The number of carboxylic acids is 1. The average Bonchev–Trinajstić information content (AvgIpc) is 2.65. The van der Waals surface area contributed by atoms with Crippen molar-refractivity contribution in [3.63, 3.8) is 0 Å². The highest BCUT2D eigenvalue weighted by Gasteiger charge is 2.27. The van der Waals surface area contributed by atoms with E-state index >= 15 is 0 Å². The zero-order valence-electron chi connectivity index (χ0n) is 15.1. The van der Waals surface area contributed by atoms with Crippen LogP contribution in [0.3, 0.4) is 0 Å². The Morgan fingerprint density at radius 2 is 1.85 bits per heavy atom. The number of likely N-dealkylation sites (tertiary alicyclic amines) is 1. The molecule has 0 spiro atoms. The highest BCUT2D eigenvalue weighted by molar-refractivity contribution is 5.96. The Bertz CT molecular complexity index is 621. The van der Waals surface area contributed by atoms with E-state index in [0.717, 1.165) is 12.8 Å². The van der Waals surface area contributed by atoms with Gasteiger partial charge in [-0.1, -0.05) is 13.3 Å². The number of rotatable bonds is 8. The molecule has 0 radical (unpaired) electrons. The van der Waals surface area contributed by atoms with Crippen LogP contribution in [-0.4, -0.2) is 54.1 Å². The smallest absolute Gasteiger partial charge is 0.306 e. The highest BCUT2D eigenvalue weighted by Crippen LogP contribution is 2.20. The van der Waals surface area contributed by atoms with Gasteiger partial charge < -0.3 is 20.1 Å². The van der Waals surface area contributed by atoms with Gasteiger partial charge in [0.2, 0.25) is 5.91 Å². The molecule has 1 saturated heterocycles. The molecule has 1 fully saturated rings. The number of carbonyl (C=O) groups is 3. The Balaban J connectivity index is 1.82. The van der Waals surface area contributed by atoms with E-state index in [9.17, 15) is 14.4 Å². The maximum atomic E-state index is 12.5. The van der Waals surface area contributed by atoms with E-state index in [1.165, 1.54) is 0 Å². The molecular formula is C19H26N2O5. The van der Waals surface area contributed by atoms with Crippen LogP contribution in [0, 0.1) is 5.92 Å². The first-order chi connectivity index (χ1) is 12.5. The monoisotopic (exact) mass is 362 g/mol. The summed E-state index contributed by atoms with van der Waals surface area (Å²) in [7, 11) is 0. The summed E-state index contributed by atoms with van der Waals surface area (Å²) in [6.07, 6.45) is 2.90. The van der Waals surface area contributed by atoms with Gasteiger partial charge in [-0.3, -0.25) is 14.4 Å². The molecule has 1 heterocycles. The fraction of sp³-hybridized carbons (Fsp3) is 0.526. The second kappa shape index (κ2) is 9.91. The summed E-state index contributed by atoms with van der Waals surface area (Å²) in [6, 6.07) is 6.70. The summed E-state index contributed by atoms with van der Waals surface area (Å²) in [5.41, 5.74) is 1.13. The number of aliphatic carboxylic acids is 1. The first kappa shape index (κ1) is 19.9. The third kappa shape index (κ3) is 5.84. The van der Waals surface area contributed by atoms with Crippen molar-refractivity contribution in [1.29, 1.82) is 0 Å². The van der Waals surface area contributed by atoms with Crippen LogP contribution in [0.4, 0.5) is 5.69 Å². The number of unbranched alkanes of at least 4 members (excludes halogenated alkanes) is 1. The van der Waals surface area contributed by atoms with Crippen LogP contribution < -0.4 is 5.32 Å². The lowest BCUT2D eigenvalue weighted by molar-refractivity contribution is -0.143. The number of hydrogen-bond acceptors (Lipinski definition) is 4. The summed E-state index contributed by atoms with van der Waals surface area (Å²) in [5, 5.41) is 11.7. The van der Waals surface area contributed by atoms with Crippen molar-refractivity contribution in [3.05, 3.63) is 29.8 Å². The summed E-state index contributed by atoms with van der Waals surface area (Å²) in [4.78, 5) is 36.9. The number of nitrogens with zero attached hydrogens (tertiary/aromatic N) is 1. The fourth-order valence-electron chi connectivity index (χ4n) is 2.82. The Morgan fingerprint density at radius 3 is 2.42 bits per heavy atom. The van der Waals surface area contributed by atoms with Crippen molar-refractivity contribution >= 4 is 23.5 Å². The van der Waals surface area contributed by atoms with Gasteiger partial charge in [0.15, 0.2) is 0 Å². The highest BCUT2D eigenvalue weighted by atomic mass is 16.5. The van der Waals surface area contributed by atoms with Crippen LogP contribution in [-0.2, 0) is 14.3 Å². The minimum absolute atomic E-state index is 0.0131. The van der Waals surface area contributed by atoms with Crippen LogP contribution in [0.5, 0.6) is 0 Å². The summed E-state index contributed by atoms with van der Waals surface area (Å²) >= 11 is 0. The number of anilines is 1. The Labute approximate surface area is 153 Å². The zero-order valence-corrected chi connectivity index (χ0v) is 15.1. The number of hydrogen-bond donors (Lipinski definition) is 2. The van der Waals surface area contributed by atoms with E-state index in [-0.39, 0.29) is 24.3 Å². The molecule has 0 unspecified atom stereocenters. The standard InChI is InChI=1S/C19H26N2O5/c1-2-3-12-26-13-17(22)20-16-6-4-14(5-7-16)18(23)21-10-8-15(9-11-21)19(24)25/h4-7,15H,2-3,8-13H2,1H3,(H,20,22)(H,24,25). The largest absolute Gasteiger partial charge is 0.481 e. The predicted octanol–water partition coefficient (Wildman–Crippen LogP) is 2.38. The molecule has 0 bridgehead atoms. The molecule has 0 aromatic heterocycles. The van der Waals surface area contributed by atoms with Gasteiger partial charge in [-0.05, 0) is 43.5 Å². The normalized spacial score (nSPS) is 14.9. The van der Waals surface area contributed by atoms with E-state index < -0.39 is 5.97 Å². The van der Waals surface area contributed by atoms with Gasteiger partial charge in [-0.15, -0.1) is 0 Å². The number of amides is 2. The van der Waals surface area contributed by atoms with Gasteiger partial charge >= 0.3 is 5.97 Å². The molecule has 7 heteroatoms. The van der Waals surface area contributed by atoms with Crippen LogP contribution in [0.2, 0.25) is 0 Å². The lowest BCUT2D eigenvalue weighted by atomic mass is 9.96. The third-order valence-corrected chi connectivity index (χ3v) is 4.42. The van der Waals surface area contributed by atoms with Gasteiger partial charge in [-0.25, -0.2) is 0 Å². The van der Waals surface area contributed by atoms with Crippen molar-refractivity contribution < 1.29 is 24.2 Å². The van der Waals surface area contributed by atoms with Crippen molar-refractivity contribution in [1.82, 2.24) is 4.90 Å². The van der Waals surface area contributed by atoms with Crippen molar-refractivity contribution in [2.24, 2.45) is 5.92 Å². The van der Waals surface area contributed by atoms with Crippen molar-refractivity contribution in [3.8, 4) is 0 Å².